The Morgan fingerprint density at radius 1 is 1.25 bits per heavy atom. The molecule has 0 saturated carbocycles. The average molecular weight is 318 g/mol. The van der Waals surface area contributed by atoms with Crippen molar-refractivity contribution < 1.29 is 18.6 Å². The summed E-state index contributed by atoms with van der Waals surface area (Å²) >= 11 is 1.38. The molecule has 1 aliphatic heterocycles. The molecule has 8 heteroatoms. The van der Waals surface area contributed by atoms with Gasteiger partial charge in [0.05, 0.1) is 18.0 Å². The Morgan fingerprint density at radius 3 is 2.45 bits per heavy atom. The summed E-state index contributed by atoms with van der Waals surface area (Å²) in [5, 5.41) is 18.8. The van der Waals surface area contributed by atoms with Gasteiger partial charge in [-0.2, -0.15) is 4.31 Å². The molecule has 0 unspecified atom stereocenters. The first kappa shape index (κ1) is 15.6. The summed E-state index contributed by atoms with van der Waals surface area (Å²) < 4.78 is 25.3. The number of anilines is 1. The molecule has 1 aliphatic rings. The normalized spacial score (nSPS) is 24.1. The van der Waals surface area contributed by atoms with Gasteiger partial charge < -0.3 is 15.9 Å². The van der Waals surface area contributed by atoms with Gasteiger partial charge in [0.2, 0.25) is 10.0 Å². The Hall–Kier alpha value is -0.800. The van der Waals surface area contributed by atoms with E-state index in [0.717, 1.165) is 9.20 Å². The van der Waals surface area contributed by atoms with Crippen molar-refractivity contribution >= 4 is 27.5 Å². The topological polar surface area (TPSA) is 104 Å². The lowest BCUT2D eigenvalue weighted by atomic mass is 10.3. The number of sulfonamides is 1. The zero-order valence-corrected chi connectivity index (χ0v) is 12.5. The maximum Gasteiger partial charge on any atom is 0.215 e. The second-order valence-electron chi connectivity index (χ2n) is 4.65. The lowest BCUT2D eigenvalue weighted by Gasteiger charge is -2.15. The van der Waals surface area contributed by atoms with Gasteiger partial charge in [-0.05, 0) is 12.1 Å². The molecule has 0 amide bonds. The fraction of sp³-hybridized carbons (Fsp3) is 0.500. The number of nitrogen functional groups attached to an aromatic ring is 1. The standard InChI is InChI=1S/C12H18N2O4S2/c13-9-3-1-2-4-12(9)19-5-6-20(17,18)14-7-10(15)11(16)8-14/h1-4,10-11,15-16H,5-8,13H2/t10-,11+. The van der Waals surface area contributed by atoms with Crippen molar-refractivity contribution in [2.24, 2.45) is 0 Å². The van der Waals surface area contributed by atoms with Crippen LogP contribution in [0, 0.1) is 0 Å². The van der Waals surface area contributed by atoms with Gasteiger partial charge >= 0.3 is 0 Å². The molecule has 0 radical (unpaired) electrons. The Balaban J connectivity index is 1.89. The summed E-state index contributed by atoms with van der Waals surface area (Å²) in [7, 11) is -3.46. The first-order chi connectivity index (χ1) is 9.40. The molecule has 6 nitrogen and oxygen atoms in total. The Kier molecular flexibility index (Phi) is 4.92. The Morgan fingerprint density at radius 2 is 1.85 bits per heavy atom. The summed E-state index contributed by atoms with van der Waals surface area (Å²) in [5.74, 6) is 0.324. The van der Waals surface area contributed by atoms with E-state index in [4.69, 9.17) is 5.73 Å². The van der Waals surface area contributed by atoms with Gasteiger partial charge in [0.15, 0.2) is 0 Å². The number of β-amino-alcohol motifs (C(OH)–C–C–N with tert-alkyl or cyclic N) is 2. The minimum absolute atomic E-state index is 0.0400. The zero-order valence-electron chi connectivity index (χ0n) is 10.8. The van der Waals surface area contributed by atoms with Gasteiger partial charge in [-0.1, -0.05) is 12.1 Å². The third-order valence-electron chi connectivity index (χ3n) is 3.14. The van der Waals surface area contributed by atoms with E-state index in [-0.39, 0.29) is 18.8 Å². The summed E-state index contributed by atoms with van der Waals surface area (Å²) in [6.45, 7) is -0.0801. The monoisotopic (exact) mass is 318 g/mol. The molecule has 1 heterocycles. The number of nitrogens with zero attached hydrogens (tertiary/aromatic N) is 1. The van der Waals surface area contributed by atoms with Crippen molar-refractivity contribution in [1.82, 2.24) is 4.31 Å². The molecule has 0 bridgehead atoms. The zero-order chi connectivity index (χ0) is 14.8. The lowest BCUT2D eigenvalue weighted by molar-refractivity contribution is 0.0572. The van der Waals surface area contributed by atoms with Gasteiger partial charge in [0, 0.05) is 29.4 Å². The number of hydrogen-bond donors (Lipinski definition) is 3. The van der Waals surface area contributed by atoms with E-state index in [9.17, 15) is 18.6 Å². The van der Waals surface area contributed by atoms with E-state index >= 15 is 0 Å². The van der Waals surface area contributed by atoms with E-state index in [2.05, 4.69) is 0 Å². The van der Waals surface area contributed by atoms with Crippen LogP contribution in [0.4, 0.5) is 5.69 Å². The number of nitrogens with two attached hydrogens (primary N) is 1. The molecule has 1 saturated heterocycles. The van der Waals surface area contributed by atoms with Gasteiger partial charge in [-0.15, -0.1) is 11.8 Å². The van der Waals surface area contributed by atoms with Crippen molar-refractivity contribution in [3.8, 4) is 0 Å². The summed E-state index contributed by atoms with van der Waals surface area (Å²) in [4.78, 5) is 0.851. The van der Waals surface area contributed by atoms with Crippen LogP contribution in [0.15, 0.2) is 29.2 Å². The molecular formula is C12H18N2O4S2. The number of aliphatic hydroxyl groups excluding tert-OH is 2. The number of thioether (sulfide) groups is 1. The quantitative estimate of drug-likeness (QED) is 0.510. The van der Waals surface area contributed by atoms with Crippen LogP contribution in [0.2, 0.25) is 0 Å². The first-order valence-electron chi connectivity index (χ1n) is 6.21. The number of para-hydroxylation sites is 1. The highest BCUT2D eigenvalue weighted by atomic mass is 32.2. The molecule has 2 atom stereocenters. The summed E-state index contributed by atoms with van der Waals surface area (Å²) in [5.41, 5.74) is 6.41. The molecule has 112 valence electrons. The Bertz CT molecular complexity index is 554. The molecular weight excluding hydrogens is 300 g/mol. The predicted molar refractivity (Wildman–Crippen MR) is 79.0 cm³/mol. The molecule has 2 rings (SSSR count). The van der Waals surface area contributed by atoms with Crippen LogP contribution in [0.3, 0.4) is 0 Å². The predicted octanol–water partition coefficient (Wildman–Crippen LogP) is -0.272. The highest BCUT2D eigenvalue weighted by Gasteiger charge is 2.36. The number of aliphatic hydroxyl groups is 2. The molecule has 0 spiro atoms. The lowest BCUT2D eigenvalue weighted by Crippen LogP contribution is -2.32. The van der Waals surface area contributed by atoms with Crippen LogP contribution >= 0.6 is 11.8 Å². The maximum atomic E-state index is 12.1. The fourth-order valence-electron chi connectivity index (χ4n) is 1.96. The molecule has 1 aromatic carbocycles. The molecule has 4 N–H and O–H groups in total. The third-order valence-corrected chi connectivity index (χ3v) is 6.29. The number of rotatable bonds is 5. The first-order valence-corrected chi connectivity index (χ1v) is 8.81. The van der Waals surface area contributed by atoms with Crippen LogP contribution in [0.5, 0.6) is 0 Å². The molecule has 0 aromatic heterocycles. The second kappa shape index (κ2) is 6.31. The van der Waals surface area contributed by atoms with E-state index in [1.54, 1.807) is 6.07 Å². The largest absolute Gasteiger partial charge is 0.398 e. The molecule has 1 fully saturated rings. The van der Waals surface area contributed by atoms with Crippen molar-refractivity contribution in [3.05, 3.63) is 24.3 Å². The van der Waals surface area contributed by atoms with Crippen LogP contribution < -0.4 is 5.73 Å². The van der Waals surface area contributed by atoms with Gasteiger partial charge in [0.25, 0.3) is 0 Å². The van der Waals surface area contributed by atoms with Gasteiger partial charge in [-0.25, -0.2) is 8.42 Å². The molecule has 20 heavy (non-hydrogen) atoms. The van der Waals surface area contributed by atoms with Crippen LogP contribution in [-0.4, -0.2) is 59.7 Å². The summed E-state index contributed by atoms with van der Waals surface area (Å²) in [6.07, 6.45) is -2.00. The minimum Gasteiger partial charge on any atom is -0.398 e. The van der Waals surface area contributed by atoms with Crippen molar-refractivity contribution in [2.75, 3.05) is 30.3 Å². The third kappa shape index (κ3) is 3.64. The molecule has 0 aliphatic carbocycles. The fourth-order valence-corrected chi connectivity index (χ4v) is 4.78. The van der Waals surface area contributed by atoms with Crippen LogP contribution in [0.25, 0.3) is 0 Å². The number of hydrogen-bond acceptors (Lipinski definition) is 6. The highest BCUT2D eigenvalue weighted by molar-refractivity contribution is 8.00. The van der Waals surface area contributed by atoms with E-state index < -0.39 is 22.2 Å². The van der Waals surface area contributed by atoms with E-state index in [0.29, 0.717) is 11.4 Å². The van der Waals surface area contributed by atoms with Gasteiger partial charge in [0.1, 0.15) is 0 Å². The van der Waals surface area contributed by atoms with Gasteiger partial charge in [-0.3, -0.25) is 0 Å². The van der Waals surface area contributed by atoms with Crippen molar-refractivity contribution in [2.45, 2.75) is 17.1 Å². The maximum absolute atomic E-state index is 12.1. The minimum atomic E-state index is -3.46. The van der Waals surface area contributed by atoms with Crippen LogP contribution in [0.1, 0.15) is 0 Å². The molecule has 1 aromatic rings. The average Bonchev–Trinajstić information content (AvgIpc) is 2.73. The highest BCUT2D eigenvalue weighted by Crippen LogP contribution is 2.25. The summed E-state index contributed by atoms with van der Waals surface area (Å²) in [6, 6.07) is 7.28. The SMILES string of the molecule is Nc1ccccc1SCCS(=O)(=O)N1C[C@@H](O)[C@@H](O)C1. The van der Waals surface area contributed by atoms with E-state index in [1.807, 2.05) is 18.2 Å². The second-order valence-corrected chi connectivity index (χ2v) is 7.88. The number of benzene rings is 1. The van der Waals surface area contributed by atoms with Crippen molar-refractivity contribution in [1.29, 1.82) is 0 Å². The smallest absolute Gasteiger partial charge is 0.215 e. The van der Waals surface area contributed by atoms with Crippen LogP contribution in [-0.2, 0) is 10.0 Å². The Labute approximate surface area is 122 Å². The van der Waals surface area contributed by atoms with E-state index in [1.165, 1.54) is 11.8 Å². The van der Waals surface area contributed by atoms with Crippen molar-refractivity contribution in [3.63, 3.8) is 0 Å².